The Labute approximate surface area is 144 Å². The quantitative estimate of drug-likeness (QED) is 0.611. The van der Waals surface area contributed by atoms with E-state index in [1.807, 2.05) is 0 Å². The summed E-state index contributed by atoms with van der Waals surface area (Å²) in [5.74, 6) is -1.48. The molecule has 2 aromatic rings. The van der Waals surface area contributed by atoms with Gasteiger partial charge in [-0.15, -0.1) is 0 Å². The molecule has 1 atom stereocenters. The van der Waals surface area contributed by atoms with Crippen LogP contribution in [0.4, 0.5) is 0 Å². The van der Waals surface area contributed by atoms with Gasteiger partial charge in [-0.25, -0.2) is 9.59 Å². The predicted octanol–water partition coefficient (Wildman–Crippen LogP) is 3.55. The topological polar surface area (TPSA) is 69.7 Å². The normalized spacial score (nSPS) is 11.5. The molecule has 0 aliphatic rings. The lowest BCUT2D eigenvalue weighted by molar-refractivity contribution is 0.0318. The molecule has 0 aromatic heterocycles. The number of halogens is 1. The SMILES string of the molecule is COC(=O)c1ccc(C(=O)O[C@H](C)C(=O)c2ccc(Cl)cc2)cc1. The van der Waals surface area contributed by atoms with E-state index in [-0.39, 0.29) is 11.3 Å². The predicted molar refractivity (Wildman–Crippen MR) is 88.4 cm³/mol. The van der Waals surface area contributed by atoms with Crippen LogP contribution in [0.3, 0.4) is 0 Å². The monoisotopic (exact) mass is 346 g/mol. The van der Waals surface area contributed by atoms with E-state index in [9.17, 15) is 14.4 Å². The largest absolute Gasteiger partial charge is 0.465 e. The molecular weight excluding hydrogens is 332 g/mol. The molecule has 0 saturated carbocycles. The van der Waals surface area contributed by atoms with E-state index in [0.29, 0.717) is 16.1 Å². The van der Waals surface area contributed by atoms with Crippen LogP contribution in [0, 0.1) is 0 Å². The number of ether oxygens (including phenoxy) is 2. The first-order valence-corrected chi connectivity index (χ1v) is 7.49. The van der Waals surface area contributed by atoms with E-state index in [0.717, 1.165) is 0 Å². The van der Waals surface area contributed by atoms with Gasteiger partial charge in [0.15, 0.2) is 6.10 Å². The van der Waals surface area contributed by atoms with Crippen LogP contribution in [0.2, 0.25) is 5.02 Å². The van der Waals surface area contributed by atoms with E-state index in [4.69, 9.17) is 16.3 Å². The Morgan fingerprint density at radius 3 is 1.79 bits per heavy atom. The molecule has 0 radical (unpaired) electrons. The molecule has 2 aromatic carbocycles. The summed E-state index contributed by atoms with van der Waals surface area (Å²) in [5.41, 5.74) is 0.957. The van der Waals surface area contributed by atoms with Crippen LogP contribution in [0.15, 0.2) is 48.5 Å². The molecule has 6 heteroatoms. The van der Waals surface area contributed by atoms with Crippen LogP contribution in [0.5, 0.6) is 0 Å². The maximum Gasteiger partial charge on any atom is 0.338 e. The summed E-state index contributed by atoms with van der Waals surface area (Å²) in [6.45, 7) is 1.50. The highest BCUT2D eigenvalue weighted by Crippen LogP contribution is 2.14. The fourth-order valence-corrected chi connectivity index (χ4v) is 2.12. The maximum absolute atomic E-state index is 12.2. The summed E-state index contributed by atoms with van der Waals surface area (Å²) in [5, 5.41) is 0.516. The summed E-state index contributed by atoms with van der Waals surface area (Å²) >= 11 is 5.78. The molecule has 0 unspecified atom stereocenters. The summed E-state index contributed by atoms with van der Waals surface area (Å²) in [7, 11) is 1.27. The minimum absolute atomic E-state index is 0.235. The number of hydrogen-bond acceptors (Lipinski definition) is 5. The summed E-state index contributed by atoms with van der Waals surface area (Å²) in [6.07, 6.45) is -0.945. The van der Waals surface area contributed by atoms with Gasteiger partial charge >= 0.3 is 11.9 Å². The van der Waals surface area contributed by atoms with Crippen LogP contribution < -0.4 is 0 Å². The molecule has 0 aliphatic heterocycles. The molecule has 0 heterocycles. The number of ketones is 1. The van der Waals surface area contributed by atoms with E-state index in [1.54, 1.807) is 24.3 Å². The first-order chi connectivity index (χ1) is 11.4. The number of esters is 2. The summed E-state index contributed by atoms with van der Waals surface area (Å²) < 4.78 is 9.75. The highest BCUT2D eigenvalue weighted by atomic mass is 35.5. The van der Waals surface area contributed by atoms with Crippen molar-refractivity contribution in [2.24, 2.45) is 0 Å². The average molecular weight is 347 g/mol. The Balaban J connectivity index is 2.04. The Bertz CT molecular complexity index is 750. The number of Topliss-reactive ketones (excluding diaryl/α,β-unsaturated/α-hetero) is 1. The Morgan fingerprint density at radius 2 is 1.29 bits per heavy atom. The first-order valence-electron chi connectivity index (χ1n) is 7.11. The lowest BCUT2D eigenvalue weighted by atomic mass is 10.1. The molecule has 0 saturated heterocycles. The van der Waals surface area contributed by atoms with Gasteiger partial charge in [0.1, 0.15) is 0 Å². The van der Waals surface area contributed by atoms with Crippen molar-refractivity contribution in [1.82, 2.24) is 0 Å². The lowest BCUT2D eigenvalue weighted by Crippen LogP contribution is -2.24. The summed E-state index contributed by atoms with van der Waals surface area (Å²) in [4.78, 5) is 35.7. The second-order valence-electron chi connectivity index (χ2n) is 4.99. The molecule has 124 valence electrons. The molecule has 5 nitrogen and oxygen atoms in total. The van der Waals surface area contributed by atoms with Crippen molar-refractivity contribution >= 4 is 29.3 Å². The van der Waals surface area contributed by atoms with Crippen molar-refractivity contribution in [3.05, 3.63) is 70.2 Å². The number of methoxy groups -OCH3 is 1. The Kier molecular flexibility index (Phi) is 5.71. The molecule has 0 fully saturated rings. The van der Waals surface area contributed by atoms with Crippen molar-refractivity contribution in [1.29, 1.82) is 0 Å². The van der Waals surface area contributed by atoms with Gasteiger partial charge in [0.2, 0.25) is 5.78 Å². The number of carbonyl (C=O) groups excluding carboxylic acids is 3. The van der Waals surface area contributed by atoms with Crippen LogP contribution >= 0.6 is 11.6 Å². The average Bonchev–Trinajstić information content (AvgIpc) is 2.61. The van der Waals surface area contributed by atoms with Crippen molar-refractivity contribution in [3.8, 4) is 0 Å². The number of benzene rings is 2. The number of rotatable bonds is 5. The zero-order valence-electron chi connectivity index (χ0n) is 13.1. The minimum Gasteiger partial charge on any atom is -0.465 e. The third kappa shape index (κ3) is 4.20. The molecule has 24 heavy (non-hydrogen) atoms. The molecule has 0 spiro atoms. The van der Waals surface area contributed by atoms with E-state index < -0.39 is 18.0 Å². The fourth-order valence-electron chi connectivity index (χ4n) is 1.99. The van der Waals surface area contributed by atoms with Gasteiger partial charge in [-0.05, 0) is 55.5 Å². The van der Waals surface area contributed by atoms with Gasteiger partial charge in [-0.2, -0.15) is 0 Å². The van der Waals surface area contributed by atoms with Gasteiger partial charge in [0, 0.05) is 10.6 Å². The first kappa shape index (κ1) is 17.7. The second-order valence-corrected chi connectivity index (χ2v) is 5.42. The van der Waals surface area contributed by atoms with E-state index in [1.165, 1.54) is 38.3 Å². The highest BCUT2D eigenvalue weighted by molar-refractivity contribution is 6.30. The van der Waals surface area contributed by atoms with Crippen molar-refractivity contribution < 1.29 is 23.9 Å². The van der Waals surface area contributed by atoms with Gasteiger partial charge in [0.25, 0.3) is 0 Å². The smallest absolute Gasteiger partial charge is 0.338 e. The van der Waals surface area contributed by atoms with Gasteiger partial charge < -0.3 is 9.47 Å². The number of carbonyl (C=O) groups is 3. The number of hydrogen-bond donors (Lipinski definition) is 0. The third-order valence-electron chi connectivity index (χ3n) is 3.32. The van der Waals surface area contributed by atoms with E-state index in [2.05, 4.69) is 4.74 Å². The molecule has 0 amide bonds. The molecule has 0 N–H and O–H groups in total. The van der Waals surface area contributed by atoms with Crippen LogP contribution in [0.25, 0.3) is 0 Å². The standard InChI is InChI=1S/C18H15ClO5/c1-11(16(20)12-7-9-15(19)10-8-12)24-18(22)14-5-3-13(4-6-14)17(21)23-2/h3-11H,1-2H3/t11-/m1/s1. The zero-order chi connectivity index (χ0) is 17.7. The van der Waals surface area contributed by atoms with Crippen LogP contribution in [-0.4, -0.2) is 30.9 Å². The summed E-state index contributed by atoms with van der Waals surface area (Å²) in [6, 6.07) is 12.1. The second kappa shape index (κ2) is 7.75. The Morgan fingerprint density at radius 1 is 0.833 bits per heavy atom. The van der Waals surface area contributed by atoms with Crippen molar-refractivity contribution in [2.45, 2.75) is 13.0 Å². The maximum atomic E-state index is 12.2. The molecule has 0 bridgehead atoms. The molecular formula is C18H15ClO5. The van der Waals surface area contributed by atoms with Gasteiger partial charge in [0.05, 0.1) is 18.2 Å². The van der Waals surface area contributed by atoms with Crippen LogP contribution in [-0.2, 0) is 9.47 Å². The Hall–Kier alpha value is -2.66. The lowest BCUT2D eigenvalue weighted by Gasteiger charge is -2.12. The van der Waals surface area contributed by atoms with Crippen molar-refractivity contribution in [2.75, 3.05) is 7.11 Å². The van der Waals surface area contributed by atoms with Gasteiger partial charge in [-0.1, -0.05) is 11.6 Å². The molecule has 2 rings (SSSR count). The zero-order valence-corrected chi connectivity index (χ0v) is 13.9. The van der Waals surface area contributed by atoms with Crippen molar-refractivity contribution in [3.63, 3.8) is 0 Å². The third-order valence-corrected chi connectivity index (χ3v) is 3.58. The highest BCUT2D eigenvalue weighted by Gasteiger charge is 2.20. The van der Waals surface area contributed by atoms with Crippen LogP contribution in [0.1, 0.15) is 38.0 Å². The van der Waals surface area contributed by atoms with E-state index >= 15 is 0 Å². The van der Waals surface area contributed by atoms with Gasteiger partial charge in [-0.3, -0.25) is 4.79 Å². The minimum atomic E-state index is -0.945. The molecule has 0 aliphatic carbocycles. The fraction of sp³-hybridized carbons (Fsp3) is 0.167.